The lowest BCUT2D eigenvalue weighted by Gasteiger charge is -2.12. The normalized spacial score (nSPS) is 11.1. The highest BCUT2D eigenvalue weighted by Gasteiger charge is 2.02. The van der Waals surface area contributed by atoms with Crippen LogP contribution in [0.15, 0.2) is 30.3 Å². The Morgan fingerprint density at radius 1 is 1.22 bits per heavy atom. The van der Waals surface area contributed by atoms with Crippen molar-refractivity contribution in [3.8, 4) is 0 Å². The van der Waals surface area contributed by atoms with E-state index >= 15 is 0 Å². The van der Waals surface area contributed by atoms with Gasteiger partial charge in [0.05, 0.1) is 5.52 Å². The van der Waals surface area contributed by atoms with E-state index in [9.17, 15) is 0 Å². The first-order valence-corrected chi connectivity index (χ1v) is 6.42. The Hall–Kier alpha value is -1.61. The van der Waals surface area contributed by atoms with E-state index in [2.05, 4.69) is 53.6 Å². The second-order valence-electron chi connectivity index (χ2n) is 4.91. The molecule has 1 aromatic carbocycles. The lowest BCUT2D eigenvalue weighted by Crippen LogP contribution is -2.16. The summed E-state index contributed by atoms with van der Waals surface area (Å²) in [6, 6.07) is 10.4. The highest BCUT2D eigenvalue weighted by Crippen LogP contribution is 2.22. The number of nitrogens with one attached hydrogen (secondary N) is 1. The van der Waals surface area contributed by atoms with Crippen molar-refractivity contribution in [2.75, 3.05) is 32.5 Å². The molecule has 0 aliphatic heterocycles. The van der Waals surface area contributed by atoms with Crippen LogP contribution in [-0.4, -0.2) is 37.1 Å². The van der Waals surface area contributed by atoms with Crippen LogP contribution in [0.5, 0.6) is 0 Å². The smallest absolute Gasteiger partial charge is 0.0725 e. The van der Waals surface area contributed by atoms with Gasteiger partial charge in [0.15, 0.2) is 0 Å². The Labute approximate surface area is 109 Å². The van der Waals surface area contributed by atoms with E-state index in [-0.39, 0.29) is 0 Å². The first-order chi connectivity index (χ1) is 8.66. The van der Waals surface area contributed by atoms with Crippen LogP contribution < -0.4 is 5.32 Å². The molecule has 1 N–H and O–H groups in total. The van der Waals surface area contributed by atoms with Crippen molar-refractivity contribution >= 4 is 16.6 Å². The molecule has 18 heavy (non-hydrogen) atoms. The molecule has 0 amide bonds. The number of aryl methyl sites for hydroxylation is 1. The van der Waals surface area contributed by atoms with Crippen molar-refractivity contribution in [1.29, 1.82) is 0 Å². The van der Waals surface area contributed by atoms with Gasteiger partial charge in [0.2, 0.25) is 0 Å². The van der Waals surface area contributed by atoms with Crippen LogP contribution in [-0.2, 0) is 0 Å². The molecule has 0 unspecified atom stereocenters. The number of para-hydroxylation sites is 1. The maximum Gasteiger partial charge on any atom is 0.0725 e. The summed E-state index contributed by atoms with van der Waals surface area (Å²) in [7, 11) is 4.21. The molecule has 96 valence electrons. The maximum atomic E-state index is 4.54. The molecular formula is C15H21N3. The second-order valence-corrected chi connectivity index (χ2v) is 4.91. The number of benzene rings is 1. The van der Waals surface area contributed by atoms with Crippen LogP contribution in [0.3, 0.4) is 0 Å². The van der Waals surface area contributed by atoms with Gasteiger partial charge in [0, 0.05) is 23.3 Å². The van der Waals surface area contributed by atoms with Gasteiger partial charge in [-0.15, -0.1) is 0 Å². The lowest BCUT2D eigenvalue weighted by atomic mass is 10.1. The quantitative estimate of drug-likeness (QED) is 0.818. The molecule has 2 aromatic rings. The summed E-state index contributed by atoms with van der Waals surface area (Å²) in [5.74, 6) is 0. The third-order valence-electron chi connectivity index (χ3n) is 2.94. The van der Waals surface area contributed by atoms with E-state index < -0.39 is 0 Å². The van der Waals surface area contributed by atoms with E-state index in [4.69, 9.17) is 0 Å². The Morgan fingerprint density at radius 3 is 2.78 bits per heavy atom. The molecule has 1 heterocycles. The van der Waals surface area contributed by atoms with Crippen molar-refractivity contribution < 1.29 is 0 Å². The molecule has 3 nitrogen and oxygen atoms in total. The third kappa shape index (κ3) is 3.20. The van der Waals surface area contributed by atoms with Gasteiger partial charge in [0.1, 0.15) is 0 Å². The molecule has 0 radical (unpaired) electrons. The molecule has 0 saturated heterocycles. The summed E-state index contributed by atoms with van der Waals surface area (Å²) in [4.78, 5) is 6.75. The minimum Gasteiger partial charge on any atom is -0.384 e. The molecule has 0 bridgehead atoms. The number of fused-ring (bicyclic) bond motifs is 1. The number of pyridine rings is 1. The number of hydrogen-bond acceptors (Lipinski definition) is 3. The number of anilines is 1. The highest BCUT2D eigenvalue weighted by atomic mass is 15.1. The van der Waals surface area contributed by atoms with Crippen molar-refractivity contribution in [2.24, 2.45) is 0 Å². The number of hydrogen-bond donors (Lipinski definition) is 1. The van der Waals surface area contributed by atoms with Crippen molar-refractivity contribution in [3.63, 3.8) is 0 Å². The predicted octanol–water partition coefficient (Wildman–Crippen LogP) is 2.91. The van der Waals surface area contributed by atoms with Crippen LogP contribution in [0.1, 0.15) is 12.1 Å². The average Bonchev–Trinajstić information content (AvgIpc) is 2.34. The number of nitrogens with zero attached hydrogens (tertiary/aromatic N) is 2. The fourth-order valence-corrected chi connectivity index (χ4v) is 2.07. The van der Waals surface area contributed by atoms with Crippen LogP contribution in [0.25, 0.3) is 10.9 Å². The topological polar surface area (TPSA) is 28.2 Å². The fourth-order valence-electron chi connectivity index (χ4n) is 2.07. The molecule has 2 rings (SSSR count). The summed E-state index contributed by atoms with van der Waals surface area (Å²) in [6.07, 6.45) is 1.14. The Morgan fingerprint density at radius 2 is 2.00 bits per heavy atom. The third-order valence-corrected chi connectivity index (χ3v) is 2.94. The van der Waals surface area contributed by atoms with Crippen LogP contribution in [0.4, 0.5) is 5.69 Å². The highest BCUT2D eigenvalue weighted by molar-refractivity contribution is 5.91. The zero-order chi connectivity index (χ0) is 13.0. The summed E-state index contributed by atoms with van der Waals surface area (Å²) in [5.41, 5.74) is 3.31. The van der Waals surface area contributed by atoms with Gasteiger partial charge in [-0.3, -0.25) is 4.98 Å². The van der Waals surface area contributed by atoms with E-state index in [0.717, 1.165) is 30.7 Å². The molecule has 0 aliphatic carbocycles. The van der Waals surface area contributed by atoms with Gasteiger partial charge in [-0.05, 0) is 46.1 Å². The summed E-state index contributed by atoms with van der Waals surface area (Å²) < 4.78 is 0. The maximum absolute atomic E-state index is 4.54. The fraction of sp³-hybridized carbons (Fsp3) is 0.400. The zero-order valence-corrected chi connectivity index (χ0v) is 11.4. The zero-order valence-electron chi connectivity index (χ0n) is 11.4. The SMILES string of the molecule is Cc1cc(NCCCN(C)C)c2ccccc2n1. The Bertz CT molecular complexity index is 520. The van der Waals surface area contributed by atoms with Gasteiger partial charge < -0.3 is 10.2 Å². The van der Waals surface area contributed by atoms with Crippen molar-refractivity contribution in [1.82, 2.24) is 9.88 Å². The van der Waals surface area contributed by atoms with E-state index in [1.807, 2.05) is 13.0 Å². The van der Waals surface area contributed by atoms with Gasteiger partial charge in [-0.1, -0.05) is 18.2 Å². The molecule has 0 atom stereocenters. The first-order valence-electron chi connectivity index (χ1n) is 6.42. The van der Waals surface area contributed by atoms with Crippen LogP contribution in [0, 0.1) is 6.92 Å². The molecule has 0 aliphatic rings. The minimum atomic E-state index is 0.992. The summed E-state index contributed by atoms with van der Waals surface area (Å²) in [5, 5.41) is 4.72. The minimum absolute atomic E-state index is 0.992. The molecule has 1 aromatic heterocycles. The van der Waals surface area contributed by atoms with Gasteiger partial charge in [-0.2, -0.15) is 0 Å². The molecule has 0 spiro atoms. The van der Waals surface area contributed by atoms with Gasteiger partial charge in [-0.25, -0.2) is 0 Å². The summed E-state index contributed by atoms with van der Waals surface area (Å²) >= 11 is 0. The Balaban J connectivity index is 2.12. The Kier molecular flexibility index (Phi) is 4.15. The van der Waals surface area contributed by atoms with Crippen molar-refractivity contribution in [3.05, 3.63) is 36.0 Å². The molecule has 0 saturated carbocycles. The van der Waals surface area contributed by atoms with Crippen molar-refractivity contribution in [2.45, 2.75) is 13.3 Å². The predicted molar refractivity (Wildman–Crippen MR) is 78.1 cm³/mol. The second kappa shape index (κ2) is 5.83. The standard InChI is InChI=1S/C15H21N3/c1-12-11-15(16-9-6-10-18(2)3)13-7-4-5-8-14(13)17-12/h4-5,7-8,11H,6,9-10H2,1-3H3,(H,16,17). The average molecular weight is 243 g/mol. The molecule has 0 fully saturated rings. The lowest BCUT2D eigenvalue weighted by molar-refractivity contribution is 0.405. The number of aromatic nitrogens is 1. The summed E-state index contributed by atoms with van der Waals surface area (Å²) in [6.45, 7) is 4.14. The monoisotopic (exact) mass is 243 g/mol. The van der Waals surface area contributed by atoms with E-state index in [1.165, 1.54) is 11.1 Å². The largest absolute Gasteiger partial charge is 0.384 e. The molecular weight excluding hydrogens is 222 g/mol. The first kappa shape index (κ1) is 12.8. The van der Waals surface area contributed by atoms with Gasteiger partial charge >= 0.3 is 0 Å². The van der Waals surface area contributed by atoms with E-state index in [1.54, 1.807) is 0 Å². The number of rotatable bonds is 5. The molecule has 3 heteroatoms. The van der Waals surface area contributed by atoms with Crippen LogP contribution in [0.2, 0.25) is 0 Å². The van der Waals surface area contributed by atoms with E-state index in [0.29, 0.717) is 0 Å². The van der Waals surface area contributed by atoms with Crippen LogP contribution >= 0.6 is 0 Å². The van der Waals surface area contributed by atoms with Gasteiger partial charge in [0.25, 0.3) is 0 Å².